The molecule has 5 heteroatoms. The Morgan fingerprint density at radius 1 is 0.714 bits per heavy atom. The molecule has 4 atom stereocenters. The molecule has 28 heavy (non-hydrogen) atoms. The Kier molecular flexibility index (Phi) is 4.06. The molecule has 6 fully saturated rings. The molecule has 1 saturated heterocycles. The third-order valence-corrected chi connectivity index (χ3v) is 8.34. The van der Waals surface area contributed by atoms with Crippen LogP contribution >= 0.6 is 0 Å². The van der Waals surface area contributed by atoms with E-state index in [0.717, 1.165) is 37.5 Å². The molecule has 1 N–H and O–H groups in total. The van der Waals surface area contributed by atoms with E-state index in [2.05, 4.69) is 0 Å². The van der Waals surface area contributed by atoms with Crippen molar-refractivity contribution in [3.63, 3.8) is 0 Å². The average molecular weight is 386 g/mol. The Labute approximate surface area is 166 Å². The number of hydrogen-bond acceptors (Lipinski definition) is 5. The van der Waals surface area contributed by atoms with E-state index in [0.29, 0.717) is 23.5 Å². The van der Waals surface area contributed by atoms with Gasteiger partial charge in [0.25, 0.3) is 0 Å². The van der Waals surface area contributed by atoms with E-state index >= 15 is 0 Å². The molecule has 4 unspecified atom stereocenters. The van der Waals surface area contributed by atoms with E-state index in [1.54, 1.807) is 12.1 Å². The number of rotatable bonds is 1. The number of hydrogen-bond donors (Lipinski definition) is 1. The largest absolute Gasteiger partial charge is 0.508 e. The van der Waals surface area contributed by atoms with Crippen molar-refractivity contribution in [2.75, 3.05) is 0 Å². The maximum atomic E-state index is 9.51. The van der Waals surface area contributed by atoms with Crippen molar-refractivity contribution in [3.05, 3.63) is 29.8 Å². The van der Waals surface area contributed by atoms with Crippen LogP contribution in [0.15, 0.2) is 24.3 Å². The summed E-state index contributed by atoms with van der Waals surface area (Å²) in [6.07, 6.45) is 10.9. The molecule has 5 nitrogen and oxygen atoms in total. The van der Waals surface area contributed by atoms with E-state index in [-0.39, 0.29) is 0 Å². The van der Waals surface area contributed by atoms with Crippen LogP contribution < -0.4 is 0 Å². The minimum atomic E-state index is -0.762. The molecule has 7 rings (SSSR count). The fourth-order valence-corrected chi connectivity index (χ4v) is 6.86. The summed E-state index contributed by atoms with van der Waals surface area (Å²) in [4.78, 5) is 24.5. The van der Waals surface area contributed by atoms with Crippen LogP contribution in [-0.2, 0) is 19.6 Å². The lowest BCUT2D eigenvalue weighted by molar-refractivity contribution is -0.677. The third kappa shape index (κ3) is 2.74. The summed E-state index contributed by atoms with van der Waals surface area (Å²) in [5.41, 5.74) is 1.26. The second-order valence-corrected chi connectivity index (χ2v) is 9.98. The highest BCUT2D eigenvalue weighted by Crippen LogP contribution is 2.60. The number of phenolic OH excluding ortho intramolecular Hbond substituents is 1. The quantitative estimate of drug-likeness (QED) is 0.673. The lowest BCUT2D eigenvalue weighted by atomic mass is 9.64. The normalized spacial score (nSPS) is 47.5. The van der Waals surface area contributed by atoms with Gasteiger partial charge in [-0.25, -0.2) is 0 Å². The maximum absolute atomic E-state index is 9.51. The van der Waals surface area contributed by atoms with Gasteiger partial charge in [-0.1, -0.05) is 12.1 Å². The van der Waals surface area contributed by atoms with Crippen molar-refractivity contribution >= 4 is 0 Å². The zero-order chi connectivity index (χ0) is 18.8. The predicted octanol–water partition coefficient (Wildman–Crippen LogP) is 5.20. The topological polar surface area (TPSA) is 57.2 Å². The molecule has 0 radical (unpaired) electrons. The molecule has 5 aliphatic carbocycles. The van der Waals surface area contributed by atoms with Crippen molar-refractivity contribution < 1.29 is 24.7 Å². The predicted molar refractivity (Wildman–Crippen MR) is 101 cm³/mol. The summed E-state index contributed by atoms with van der Waals surface area (Å²) in [5.74, 6) is 1.81. The van der Waals surface area contributed by atoms with Crippen molar-refractivity contribution in [2.24, 2.45) is 23.7 Å². The van der Waals surface area contributed by atoms with Crippen molar-refractivity contribution in [3.8, 4) is 5.75 Å². The third-order valence-electron chi connectivity index (χ3n) is 8.34. The minimum absolute atomic E-state index is 0.314. The van der Waals surface area contributed by atoms with Gasteiger partial charge in [0.1, 0.15) is 5.75 Å². The van der Waals surface area contributed by atoms with Gasteiger partial charge >= 0.3 is 0 Å². The standard InChI is InChI=1S/C23H30O5/c24-21-5-2-17(3-6-21)18-7-9-22(10-8-18)25-27-23(28-26-22)19-4-1-15-11-16(13-19)14-20(23)12-15/h2-3,5-6,15-16,18-20,24H,1,4,7-14H2. The van der Waals surface area contributed by atoms with Crippen LogP contribution in [0.25, 0.3) is 0 Å². The summed E-state index contributed by atoms with van der Waals surface area (Å²) in [6.45, 7) is 0. The highest BCUT2D eigenvalue weighted by Gasteiger charge is 2.62. The molecule has 152 valence electrons. The smallest absolute Gasteiger partial charge is 0.239 e. The van der Waals surface area contributed by atoms with E-state index in [1.165, 1.54) is 44.1 Å². The Bertz CT molecular complexity index is 703. The van der Waals surface area contributed by atoms with Crippen LogP contribution in [0, 0.1) is 23.7 Å². The van der Waals surface area contributed by atoms with Crippen LogP contribution in [0.2, 0.25) is 0 Å². The summed E-state index contributed by atoms with van der Waals surface area (Å²) in [6, 6.07) is 7.55. The summed E-state index contributed by atoms with van der Waals surface area (Å²) in [5, 5.41) is 9.51. The zero-order valence-electron chi connectivity index (χ0n) is 16.3. The van der Waals surface area contributed by atoms with Crippen LogP contribution in [0.5, 0.6) is 5.75 Å². The first-order chi connectivity index (χ1) is 13.6. The van der Waals surface area contributed by atoms with Crippen LogP contribution in [0.4, 0.5) is 0 Å². The van der Waals surface area contributed by atoms with Gasteiger partial charge in [-0.2, -0.15) is 19.6 Å². The Morgan fingerprint density at radius 2 is 1.39 bits per heavy atom. The van der Waals surface area contributed by atoms with Crippen molar-refractivity contribution in [1.29, 1.82) is 0 Å². The molecule has 1 heterocycles. The minimum Gasteiger partial charge on any atom is -0.508 e. The van der Waals surface area contributed by atoms with E-state index in [1.807, 2.05) is 12.1 Å². The van der Waals surface area contributed by atoms with E-state index in [4.69, 9.17) is 19.6 Å². The summed E-state index contributed by atoms with van der Waals surface area (Å²) >= 11 is 0. The lowest BCUT2D eigenvalue weighted by Gasteiger charge is -2.54. The fourth-order valence-electron chi connectivity index (χ4n) is 6.86. The molecule has 1 aliphatic heterocycles. The molecule has 1 aromatic rings. The molecule has 2 spiro atoms. The summed E-state index contributed by atoms with van der Waals surface area (Å²) < 4.78 is 0. The molecule has 4 bridgehead atoms. The van der Waals surface area contributed by atoms with Gasteiger partial charge in [0.15, 0.2) is 0 Å². The summed E-state index contributed by atoms with van der Waals surface area (Å²) in [7, 11) is 0. The van der Waals surface area contributed by atoms with Gasteiger partial charge in [-0.05, 0) is 86.8 Å². The monoisotopic (exact) mass is 386 g/mol. The Hall–Kier alpha value is -1.14. The molecule has 5 saturated carbocycles. The van der Waals surface area contributed by atoms with Gasteiger partial charge in [-0.3, -0.25) is 0 Å². The molecule has 6 aliphatic rings. The number of benzene rings is 1. The van der Waals surface area contributed by atoms with Gasteiger partial charge in [0.05, 0.1) is 0 Å². The maximum Gasteiger partial charge on any atom is 0.239 e. The van der Waals surface area contributed by atoms with Gasteiger partial charge in [0.2, 0.25) is 11.6 Å². The molecular formula is C23H30O5. The number of aromatic hydroxyl groups is 1. The zero-order valence-corrected chi connectivity index (χ0v) is 16.3. The first-order valence-electron chi connectivity index (χ1n) is 11.2. The van der Waals surface area contributed by atoms with Crippen LogP contribution in [0.3, 0.4) is 0 Å². The van der Waals surface area contributed by atoms with Crippen molar-refractivity contribution in [1.82, 2.24) is 0 Å². The first kappa shape index (κ1) is 17.7. The molecule has 1 aromatic carbocycles. The second kappa shape index (κ2) is 6.43. The van der Waals surface area contributed by atoms with Gasteiger partial charge in [-0.15, -0.1) is 0 Å². The van der Waals surface area contributed by atoms with E-state index in [9.17, 15) is 5.11 Å². The highest BCUT2D eigenvalue weighted by molar-refractivity contribution is 5.28. The molecule has 0 aromatic heterocycles. The van der Waals surface area contributed by atoms with E-state index < -0.39 is 11.6 Å². The fraction of sp³-hybridized carbons (Fsp3) is 0.739. The lowest BCUT2D eigenvalue weighted by Crippen LogP contribution is -2.61. The van der Waals surface area contributed by atoms with Crippen LogP contribution in [0.1, 0.15) is 75.7 Å². The van der Waals surface area contributed by atoms with Crippen molar-refractivity contribution in [2.45, 2.75) is 81.7 Å². The Morgan fingerprint density at radius 3 is 2.14 bits per heavy atom. The SMILES string of the molecule is Oc1ccc(C2CCC3(CC2)OOC2(OO3)C3CCC4CC(C3)CC2C4)cc1. The van der Waals surface area contributed by atoms with Gasteiger partial charge in [0, 0.05) is 24.7 Å². The molecule has 0 amide bonds. The highest BCUT2D eigenvalue weighted by atomic mass is 17.4. The van der Waals surface area contributed by atoms with Gasteiger partial charge < -0.3 is 5.11 Å². The molecular weight excluding hydrogens is 356 g/mol. The van der Waals surface area contributed by atoms with Crippen LogP contribution in [-0.4, -0.2) is 16.7 Å². The average Bonchev–Trinajstić information content (AvgIpc) is 2.93. The Balaban J connectivity index is 1.14. The second-order valence-electron chi connectivity index (χ2n) is 9.98. The number of fused-ring (bicyclic) bond motifs is 1. The number of phenols is 1. The first-order valence-corrected chi connectivity index (χ1v) is 11.2.